The smallest absolute Gasteiger partial charge is 0.449 e. The van der Waals surface area contributed by atoms with Crippen molar-refractivity contribution in [3.63, 3.8) is 0 Å². The lowest BCUT2D eigenvalue weighted by Gasteiger charge is -2.08. The van der Waals surface area contributed by atoms with Gasteiger partial charge >= 0.3 is 12.1 Å². The summed E-state index contributed by atoms with van der Waals surface area (Å²) in [6, 6.07) is 7.92. The van der Waals surface area contributed by atoms with Crippen LogP contribution in [-0.4, -0.2) is 30.3 Å². The van der Waals surface area contributed by atoms with Crippen molar-refractivity contribution in [1.29, 1.82) is 0 Å². The van der Waals surface area contributed by atoms with Gasteiger partial charge in [0.25, 0.3) is 0 Å². The van der Waals surface area contributed by atoms with Gasteiger partial charge in [-0.25, -0.2) is 9.59 Å². The maximum absolute atomic E-state index is 10.9. The summed E-state index contributed by atoms with van der Waals surface area (Å²) in [5, 5.41) is 11.4. The van der Waals surface area contributed by atoms with Crippen LogP contribution in [0.2, 0.25) is 0 Å². The molecular weight excluding hydrogens is 234 g/mol. The molecule has 5 nitrogen and oxygen atoms in total. The van der Waals surface area contributed by atoms with E-state index in [1.54, 1.807) is 18.2 Å². The van der Waals surface area contributed by atoms with Gasteiger partial charge in [0.05, 0.1) is 5.56 Å². The predicted octanol–water partition coefficient (Wildman–Crippen LogP) is 2.28. The van der Waals surface area contributed by atoms with E-state index in [4.69, 9.17) is 5.11 Å². The van der Waals surface area contributed by atoms with E-state index < -0.39 is 12.1 Å². The standard InChI is InChI=1S/C8H6O4.C5H11N/c9-7(12-8(10)11)6-4-2-1-3-5-6;1-2-4-6-5-3-1/h1-5H,(H,10,11);6H,1-5H2. The molecule has 0 spiro atoms. The van der Waals surface area contributed by atoms with Gasteiger partial charge in [-0.15, -0.1) is 0 Å². The predicted molar refractivity (Wildman–Crippen MR) is 66.6 cm³/mol. The Hall–Kier alpha value is -1.88. The van der Waals surface area contributed by atoms with Crippen LogP contribution in [0.1, 0.15) is 29.6 Å². The summed E-state index contributed by atoms with van der Waals surface area (Å²) in [4.78, 5) is 20.8. The van der Waals surface area contributed by atoms with Crippen LogP contribution < -0.4 is 5.32 Å². The highest BCUT2D eigenvalue weighted by molar-refractivity contribution is 5.94. The number of ether oxygens (including phenoxy) is 1. The molecule has 0 amide bonds. The Labute approximate surface area is 106 Å². The first-order valence-corrected chi connectivity index (χ1v) is 5.91. The first-order valence-electron chi connectivity index (χ1n) is 5.91. The molecule has 0 saturated carbocycles. The van der Waals surface area contributed by atoms with Crippen LogP contribution in [0.15, 0.2) is 30.3 Å². The first kappa shape index (κ1) is 14.2. The van der Waals surface area contributed by atoms with E-state index in [1.807, 2.05) is 0 Å². The second kappa shape index (κ2) is 8.25. The summed E-state index contributed by atoms with van der Waals surface area (Å²) < 4.78 is 3.91. The third-order valence-corrected chi connectivity index (χ3v) is 2.40. The Morgan fingerprint density at radius 2 is 1.67 bits per heavy atom. The lowest BCUT2D eigenvalue weighted by Crippen LogP contribution is -2.21. The Morgan fingerprint density at radius 1 is 1.06 bits per heavy atom. The minimum Gasteiger partial charge on any atom is -0.449 e. The number of carboxylic acid groups (broad SMARTS) is 1. The number of rotatable bonds is 1. The van der Waals surface area contributed by atoms with Gasteiger partial charge in [-0.2, -0.15) is 0 Å². The van der Waals surface area contributed by atoms with E-state index in [9.17, 15) is 9.59 Å². The maximum atomic E-state index is 10.9. The van der Waals surface area contributed by atoms with E-state index in [2.05, 4.69) is 10.1 Å². The monoisotopic (exact) mass is 251 g/mol. The Kier molecular flexibility index (Phi) is 6.50. The molecule has 2 rings (SSSR count). The molecule has 0 aromatic heterocycles. The molecule has 1 aromatic carbocycles. The molecular formula is C13H17NO4. The lowest BCUT2D eigenvalue weighted by atomic mass is 10.2. The number of benzene rings is 1. The second-order valence-corrected chi connectivity index (χ2v) is 3.83. The van der Waals surface area contributed by atoms with Crippen molar-refractivity contribution >= 4 is 12.1 Å². The highest BCUT2D eigenvalue weighted by atomic mass is 16.7. The van der Waals surface area contributed by atoms with Gasteiger partial charge in [-0.05, 0) is 38.1 Å². The summed E-state index contributed by atoms with van der Waals surface area (Å²) >= 11 is 0. The van der Waals surface area contributed by atoms with Gasteiger partial charge < -0.3 is 15.2 Å². The molecule has 0 atom stereocenters. The van der Waals surface area contributed by atoms with Crippen molar-refractivity contribution < 1.29 is 19.4 Å². The SMILES string of the molecule is C1CCNCC1.O=C(O)OC(=O)c1ccccc1. The highest BCUT2D eigenvalue weighted by Gasteiger charge is 2.09. The molecule has 0 bridgehead atoms. The molecule has 98 valence electrons. The van der Waals surface area contributed by atoms with Crippen molar-refractivity contribution in [3.8, 4) is 0 Å². The van der Waals surface area contributed by atoms with Crippen molar-refractivity contribution in [2.75, 3.05) is 13.1 Å². The van der Waals surface area contributed by atoms with Gasteiger partial charge in [0, 0.05) is 0 Å². The van der Waals surface area contributed by atoms with Crippen LogP contribution in [0.25, 0.3) is 0 Å². The van der Waals surface area contributed by atoms with Crippen LogP contribution in [-0.2, 0) is 4.74 Å². The summed E-state index contributed by atoms with van der Waals surface area (Å²) in [7, 11) is 0. The summed E-state index contributed by atoms with van der Waals surface area (Å²) in [5.41, 5.74) is 0.222. The topological polar surface area (TPSA) is 75.6 Å². The number of nitrogens with one attached hydrogen (secondary N) is 1. The van der Waals surface area contributed by atoms with Crippen molar-refractivity contribution in [1.82, 2.24) is 5.32 Å². The average molecular weight is 251 g/mol. The maximum Gasteiger partial charge on any atom is 0.513 e. The fraction of sp³-hybridized carbons (Fsp3) is 0.385. The normalized spacial score (nSPS) is 14.0. The Morgan fingerprint density at radius 3 is 2.06 bits per heavy atom. The molecule has 0 radical (unpaired) electrons. The molecule has 1 aliphatic rings. The molecule has 2 N–H and O–H groups in total. The minimum atomic E-state index is -1.59. The zero-order valence-electron chi connectivity index (χ0n) is 10.1. The molecule has 5 heteroatoms. The van der Waals surface area contributed by atoms with Crippen LogP contribution in [0, 0.1) is 0 Å². The number of esters is 1. The molecule has 1 aromatic rings. The number of hydrogen-bond acceptors (Lipinski definition) is 4. The van der Waals surface area contributed by atoms with Gasteiger partial charge in [-0.3, -0.25) is 0 Å². The first-order chi connectivity index (χ1) is 8.70. The molecule has 18 heavy (non-hydrogen) atoms. The lowest BCUT2D eigenvalue weighted by molar-refractivity contribution is 0.0509. The zero-order chi connectivity index (χ0) is 13.2. The van der Waals surface area contributed by atoms with Gasteiger partial charge in [0.1, 0.15) is 0 Å². The third kappa shape index (κ3) is 6.00. The van der Waals surface area contributed by atoms with E-state index in [1.165, 1.54) is 44.5 Å². The van der Waals surface area contributed by atoms with E-state index in [-0.39, 0.29) is 5.56 Å². The third-order valence-electron chi connectivity index (χ3n) is 2.40. The summed E-state index contributed by atoms with van der Waals surface area (Å²) in [5.74, 6) is -0.858. The number of carbonyl (C=O) groups is 2. The van der Waals surface area contributed by atoms with E-state index in [0.717, 1.165) is 0 Å². The highest BCUT2D eigenvalue weighted by Crippen LogP contribution is 2.00. The molecule has 0 unspecified atom stereocenters. The average Bonchev–Trinajstić information content (AvgIpc) is 2.42. The van der Waals surface area contributed by atoms with Crippen LogP contribution in [0.5, 0.6) is 0 Å². The van der Waals surface area contributed by atoms with Crippen LogP contribution in [0.4, 0.5) is 4.79 Å². The number of hydrogen-bond donors (Lipinski definition) is 2. The van der Waals surface area contributed by atoms with Crippen molar-refractivity contribution in [2.24, 2.45) is 0 Å². The number of piperidine rings is 1. The van der Waals surface area contributed by atoms with Crippen LogP contribution >= 0.6 is 0 Å². The fourth-order valence-corrected chi connectivity index (χ4v) is 1.51. The molecule has 1 aliphatic heterocycles. The van der Waals surface area contributed by atoms with Crippen LogP contribution in [0.3, 0.4) is 0 Å². The summed E-state index contributed by atoms with van der Waals surface area (Å²) in [6.45, 7) is 2.50. The Bertz CT molecular complexity index is 362. The molecule has 1 fully saturated rings. The quantitative estimate of drug-likeness (QED) is 0.591. The minimum absolute atomic E-state index is 0.222. The fourth-order valence-electron chi connectivity index (χ4n) is 1.51. The molecule has 0 aliphatic carbocycles. The van der Waals surface area contributed by atoms with Gasteiger partial charge in [-0.1, -0.05) is 24.6 Å². The molecule has 1 heterocycles. The Balaban J connectivity index is 0.000000225. The number of carbonyl (C=O) groups excluding carboxylic acids is 1. The second-order valence-electron chi connectivity index (χ2n) is 3.83. The van der Waals surface area contributed by atoms with E-state index in [0.29, 0.717) is 0 Å². The van der Waals surface area contributed by atoms with Crippen molar-refractivity contribution in [3.05, 3.63) is 35.9 Å². The largest absolute Gasteiger partial charge is 0.513 e. The zero-order valence-corrected chi connectivity index (χ0v) is 10.1. The van der Waals surface area contributed by atoms with E-state index >= 15 is 0 Å². The van der Waals surface area contributed by atoms with Crippen molar-refractivity contribution in [2.45, 2.75) is 19.3 Å². The van der Waals surface area contributed by atoms with Gasteiger partial charge in [0.15, 0.2) is 0 Å². The van der Waals surface area contributed by atoms with Gasteiger partial charge in [0.2, 0.25) is 0 Å². The summed E-state index contributed by atoms with van der Waals surface area (Å²) in [6.07, 6.45) is 2.62. The molecule has 1 saturated heterocycles.